The van der Waals surface area contributed by atoms with E-state index in [0.717, 1.165) is 0 Å². The minimum Gasteiger partial charge on any atom is -0.496 e. The van der Waals surface area contributed by atoms with Crippen molar-refractivity contribution in [2.75, 3.05) is 27.3 Å². The van der Waals surface area contributed by atoms with Crippen LogP contribution in [0.15, 0.2) is 16.6 Å². The van der Waals surface area contributed by atoms with Crippen LogP contribution in [0.5, 0.6) is 11.5 Å². The van der Waals surface area contributed by atoms with Gasteiger partial charge in [-0.3, -0.25) is 4.79 Å². The summed E-state index contributed by atoms with van der Waals surface area (Å²) in [6.45, 7) is 0.0441. The molecule has 0 bridgehead atoms. The number of rotatable bonds is 3. The maximum Gasteiger partial charge on any atom is 0.261 e. The van der Waals surface area contributed by atoms with Crippen molar-refractivity contribution in [1.29, 1.82) is 0 Å². The number of halogens is 3. The van der Waals surface area contributed by atoms with Crippen LogP contribution in [-0.2, 0) is 0 Å². The van der Waals surface area contributed by atoms with Crippen molar-refractivity contribution >= 4 is 21.8 Å². The number of alkyl halides is 2. The molecule has 0 unspecified atom stereocenters. The molecule has 1 saturated heterocycles. The highest BCUT2D eigenvalue weighted by atomic mass is 79.9. The number of likely N-dealkylation sites (tertiary alicyclic amines) is 1. The average Bonchev–Trinajstić information content (AvgIpc) is 2.45. The molecule has 1 aliphatic rings. The van der Waals surface area contributed by atoms with E-state index in [4.69, 9.17) is 9.47 Å². The van der Waals surface area contributed by atoms with Gasteiger partial charge in [-0.1, -0.05) is 15.9 Å². The number of methoxy groups -OCH3 is 2. The van der Waals surface area contributed by atoms with Crippen molar-refractivity contribution < 1.29 is 23.0 Å². The van der Waals surface area contributed by atoms with Gasteiger partial charge in [0.15, 0.2) is 0 Å². The smallest absolute Gasteiger partial charge is 0.261 e. The Morgan fingerprint density at radius 3 is 2.10 bits per heavy atom. The van der Waals surface area contributed by atoms with Crippen molar-refractivity contribution in [3.8, 4) is 11.5 Å². The molecule has 0 radical (unpaired) electrons. The molecule has 1 aromatic carbocycles. The molecule has 4 nitrogen and oxygen atoms in total. The summed E-state index contributed by atoms with van der Waals surface area (Å²) in [5.74, 6) is -2.34. The summed E-state index contributed by atoms with van der Waals surface area (Å²) in [5, 5.41) is 0. The highest BCUT2D eigenvalue weighted by Gasteiger charge is 2.37. The zero-order valence-corrected chi connectivity index (χ0v) is 13.4. The summed E-state index contributed by atoms with van der Waals surface area (Å²) in [4.78, 5) is 14.0. The van der Waals surface area contributed by atoms with Gasteiger partial charge in [-0.2, -0.15) is 0 Å². The van der Waals surface area contributed by atoms with Gasteiger partial charge in [0.25, 0.3) is 11.8 Å². The molecule has 1 heterocycles. The van der Waals surface area contributed by atoms with E-state index in [1.807, 2.05) is 0 Å². The monoisotopic (exact) mass is 363 g/mol. The van der Waals surface area contributed by atoms with E-state index >= 15 is 0 Å². The Bertz CT molecular complexity index is 516. The number of ether oxygens (including phenoxy) is 2. The van der Waals surface area contributed by atoms with Gasteiger partial charge in [-0.25, -0.2) is 8.78 Å². The predicted octanol–water partition coefficient (Wildman–Crippen LogP) is 3.34. The zero-order chi connectivity index (χ0) is 15.6. The van der Waals surface area contributed by atoms with Crippen molar-refractivity contribution in [3.63, 3.8) is 0 Å². The van der Waals surface area contributed by atoms with E-state index in [9.17, 15) is 13.6 Å². The number of carbonyl (C=O) groups excluding carboxylic acids is 1. The second-order valence-corrected chi connectivity index (χ2v) is 5.75. The van der Waals surface area contributed by atoms with Crippen molar-refractivity contribution in [2.24, 2.45) is 0 Å². The summed E-state index contributed by atoms with van der Waals surface area (Å²) >= 11 is 3.30. The van der Waals surface area contributed by atoms with Gasteiger partial charge in [-0.15, -0.1) is 0 Å². The van der Waals surface area contributed by atoms with E-state index < -0.39 is 5.92 Å². The lowest BCUT2D eigenvalue weighted by atomic mass is 10.0. The third-order valence-electron chi connectivity index (χ3n) is 3.47. The molecule has 1 aliphatic heterocycles. The van der Waals surface area contributed by atoms with Crippen LogP contribution in [0.25, 0.3) is 0 Å². The van der Waals surface area contributed by atoms with Crippen LogP contribution in [-0.4, -0.2) is 44.0 Å². The van der Waals surface area contributed by atoms with Crippen LogP contribution in [0.2, 0.25) is 0 Å². The molecule has 0 N–H and O–H groups in total. The second-order valence-electron chi connectivity index (χ2n) is 4.83. The standard InChI is InChI=1S/C14H16BrF2NO3/c1-20-10-7-9(15)8-11(21-2)12(10)13(19)18-5-3-14(16,17)4-6-18/h7-8H,3-6H2,1-2H3. The number of hydrogen-bond acceptors (Lipinski definition) is 3. The van der Waals surface area contributed by atoms with Gasteiger partial charge in [-0.05, 0) is 12.1 Å². The minimum atomic E-state index is -2.69. The number of hydrogen-bond donors (Lipinski definition) is 0. The Labute approximate surface area is 130 Å². The van der Waals surface area contributed by atoms with Crippen LogP contribution in [0.1, 0.15) is 23.2 Å². The first-order valence-corrected chi connectivity index (χ1v) is 7.26. The fourth-order valence-electron chi connectivity index (χ4n) is 2.29. The number of carbonyl (C=O) groups is 1. The Morgan fingerprint density at radius 2 is 1.67 bits per heavy atom. The number of piperidine rings is 1. The predicted molar refractivity (Wildman–Crippen MR) is 77.3 cm³/mol. The van der Waals surface area contributed by atoms with Crippen LogP contribution in [0.3, 0.4) is 0 Å². The van der Waals surface area contributed by atoms with Gasteiger partial charge in [0.05, 0.1) is 14.2 Å². The Morgan fingerprint density at radius 1 is 1.19 bits per heavy atom. The first-order chi connectivity index (χ1) is 9.88. The normalized spacial score (nSPS) is 17.5. The molecule has 0 aromatic heterocycles. The molecule has 1 aromatic rings. The van der Waals surface area contributed by atoms with Crippen molar-refractivity contribution in [2.45, 2.75) is 18.8 Å². The van der Waals surface area contributed by atoms with Crippen LogP contribution in [0.4, 0.5) is 8.78 Å². The molecule has 0 spiro atoms. The van der Waals surface area contributed by atoms with Crippen molar-refractivity contribution in [3.05, 3.63) is 22.2 Å². The quantitative estimate of drug-likeness (QED) is 0.826. The SMILES string of the molecule is COc1cc(Br)cc(OC)c1C(=O)N1CCC(F)(F)CC1. The molecule has 0 aliphatic carbocycles. The van der Waals surface area contributed by atoms with Crippen LogP contribution < -0.4 is 9.47 Å². The van der Waals surface area contributed by atoms with E-state index in [-0.39, 0.29) is 37.4 Å². The Balaban J connectivity index is 2.31. The molecule has 1 amide bonds. The molecule has 0 saturated carbocycles. The molecule has 0 atom stereocenters. The van der Waals surface area contributed by atoms with Gasteiger partial charge in [0, 0.05) is 30.4 Å². The largest absolute Gasteiger partial charge is 0.496 e. The maximum absolute atomic E-state index is 13.2. The maximum atomic E-state index is 13.2. The molecule has 21 heavy (non-hydrogen) atoms. The summed E-state index contributed by atoms with van der Waals surface area (Å²) in [6, 6.07) is 3.29. The third-order valence-corrected chi connectivity index (χ3v) is 3.92. The lowest BCUT2D eigenvalue weighted by molar-refractivity contribution is -0.0494. The van der Waals surface area contributed by atoms with Gasteiger partial charge >= 0.3 is 0 Å². The molecule has 1 fully saturated rings. The molecular formula is C14H16BrF2NO3. The Kier molecular flexibility index (Phi) is 4.70. The van der Waals surface area contributed by atoms with E-state index in [1.165, 1.54) is 19.1 Å². The number of benzene rings is 1. The lowest BCUT2D eigenvalue weighted by Crippen LogP contribution is -2.42. The fourth-order valence-corrected chi connectivity index (χ4v) is 2.70. The average molecular weight is 364 g/mol. The van der Waals surface area contributed by atoms with Gasteiger partial charge in [0.1, 0.15) is 17.1 Å². The second kappa shape index (κ2) is 6.17. The van der Waals surface area contributed by atoms with E-state index in [2.05, 4.69) is 15.9 Å². The fraction of sp³-hybridized carbons (Fsp3) is 0.500. The molecule has 116 valence electrons. The summed E-state index contributed by atoms with van der Waals surface area (Å²) in [6.07, 6.45) is -0.639. The first-order valence-electron chi connectivity index (χ1n) is 6.46. The highest BCUT2D eigenvalue weighted by Crippen LogP contribution is 2.35. The topological polar surface area (TPSA) is 38.8 Å². The van der Waals surface area contributed by atoms with E-state index in [1.54, 1.807) is 12.1 Å². The zero-order valence-electron chi connectivity index (χ0n) is 11.8. The van der Waals surface area contributed by atoms with Crippen LogP contribution in [0, 0.1) is 0 Å². The molecular weight excluding hydrogens is 348 g/mol. The Hall–Kier alpha value is -1.37. The summed E-state index contributed by atoms with van der Waals surface area (Å²) in [7, 11) is 2.89. The van der Waals surface area contributed by atoms with Gasteiger partial charge < -0.3 is 14.4 Å². The molecule has 7 heteroatoms. The highest BCUT2D eigenvalue weighted by molar-refractivity contribution is 9.10. The first kappa shape index (κ1) is 16.0. The molecule has 2 rings (SSSR count). The van der Waals surface area contributed by atoms with Crippen molar-refractivity contribution in [1.82, 2.24) is 4.90 Å². The van der Waals surface area contributed by atoms with E-state index in [0.29, 0.717) is 16.0 Å². The lowest BCUT2D eigenvalue weighted by Gasteiger charge is -2.32. The van der Waals surface area contributed by atoms with Crippen LogP contribution >= 0.6 is 15.9 Å². The van der Waals surface area contributed by atoms with Gasteiger partial charge in [0.2, 0.25) is 0 Å². The minimum absolute atomic E-state index is 0.0220. The number of amides is 1. The number of nitrogens with zero attached hydrogens (tertiary/aromatic N) is 1. The summed E-state index contributed by atoms with van der Waals surface area (Å²) < 4.78 is 37.5. The summed E-state index contributed by atoms with van der Waals surface area (Å²) in [5.41, 5.74) is 0.258. The third kappa shape index (κ3) is 3.45.